The van der Waals surface area contributed by atoms with E-state index in [1.54, 1.807) is 31.2 Å². The smallest absolute Gasteiger partial charge is 0.328 e. The SMILES string of the molecule is CC(NS(N)(=O)=O)c1cccc(/C=C/C(=O)O)c1. The first-order chi connectivity index (χ1) is 8.28. The van der Waals surface area contributed by atoms with Gasteiger partial charge in [0, 0.05) is 12.1 Å². The average molecular weight is 270 g/mol. The quantitative estimate of drug-likeness (QED) is 0.682. The summed E-state index contributed by atoms with van der Waals surface area (Å²) in [4.78, 5) is 10.4. The second-order valence-corrected chi connectivity index (χ2v) is 5.05. The number of carboxylic acid groups (broad SMARTS) is 1. The third-order valence-electron chi connectivity index (χ3n) is 2.17. The van der Waals surface area contributed by atoms with Crippen molar-refractivity contribution in [3.05, 3.63) is 41.5 Å². The Labute approximate surface area is 105 Å². The van der Waals surface area contributed by atoms with Crippen LogP contribution in [-0.4, -0.2) is 19.5 Å². The fraction of sp³-hybridized carbons (Fsp3) is 0.182. The zero-order chi connectivity index (χ0) is 13.8. The molecule has 0 radical (unpaired) electrons. The Morgan fingerprint density at radius 1 is 1.50 bits per heavy atom. The van der Waals surface area contributed by atoms with Gasteiger partial charge >= 0.3 is 5.97 Å². The zero-order valence-corrected chi connectivity index (χ0v) is 10.5. The first-order valence-electron chi connectivity index (χ1n) is 5.09. The average Bonchev–Trinajstić information content (AvgIpc) is 2.24. The van der Waals surface area contributed by atoms with Crippen molar-refractivity contribution in [2.45, 2.75) is 13.0 Å². The molecule has 0 fully saturated rings. The molecule has 6 nitrogen and oxygen atoms in total. The number of nitrogens with two attached hydrogens (primary N) is 1. The van der Waals surface area contributed by atoms with Crippen molar-refractivity contribution in [3.63, 3.8) is 0 Å². The largest absolute Gasteiger partial charge is 0.478 e. The van der Waals surface area contributed by atoms with E-state index in [9.17, 15) is 13.2 Å². The second kappa shape index (κ2) is 5.76. The summed E-state index contributed by atoms with van der Waals surface area (Å²) in [6, 6.07) is 6.34. The van der Waals surface area contributed by atoms with Crippen LogP contribution in [0, 0.1) is 0 Å². The fourth-order valence-corrected chi connectivity index (χ4v) is 2.04. The van der Waals surface area contributed by atoms with Crippen molar-refractivity contribution in [3.8, 4) is 0 Å². The van der Waals surface area contributed by atoms with Gasteiger partial charge in [-0.15, -0.1) is 0 Å². The zero-order valence-electron chi connectivity index (χ0n) is 9.70. The third kappa shape index (κ3) is 5.09. The Hall–Kier alpha value is -1.70. The van der Waals surface area contributed by atoms with Crippen molar-refractivity contribution in [1.29, 1.82) is 0 Å². The summed E-state index contributed by atoms with van der Waals surface area (Å²) in [5.41, 5.74) is 1.36. The predicted molar refractivity (Wildman–Crippen MR) is 67.8 cm³/mol. The van der Waals surface area contributed by atoms with Crippen LogP contribution < -0.4 is 9.86 Å². The molecule has 0 spiro atoms. The Kier molecular flexibility index (Phi) is 4.60. The Morgan fingerprint density at radius 3 is 2.72 bits per heavy atom. The lowest BCUT2D eigenvalue weighted by atomic mass is 10.1. The summed E-state index contributed by atoms with van der Waals surface area (Å²) in [6.07, 6.45) is 2.44. The summed E-state index contributed by atoms with van der Waals surface area (Å²) in [5, 5.41) is 13.4. The summed E-state index contributed by atoms with van der Waals surface area (Å²) < 4.78 is 24.0. The maximum absolute atomic E-state index is 10.9. The predicted octanol–water partition coefficient (Wildman–Crippen LogP) is 0.638. The van der Waals surface area contributed by atoms with Gasteiger partial charge in [0.1, 0.15) is 0 Å². The van der Waals surface area contributed by atoms with E-state index in [-0.39, 0.29) is 0 Å². The molecular weight excluding hydrogens is 256 g/mol. The summed E-state index contributed by atoms with van der Waals surface area (Å²) in [6.45, 7) is 1.64. The molecule has 0 saturated carbocycles. The van der Waals surface area contributed by atoms with Gasteiger partial charge in [-0.05, 0) is 24.1 Å². The number of rotatable bonds is 5. The van der Waals surface area contributed by atoms with Gasteiger partial charge in [-0.1, -0.05) is 24.3 Å². The Balaban J connectivity index is 2.91. The number of carboxylic acids is 1. The molecule has 0 aliphatic heterocycles. The van der Waals surface area contributed by atoms with E-state index < -0.39 is 22.2 Å². The van der Waals surface area contributed by atoms with Gasteiger partial charge in [-0.2, -0.15) is 13.1 Å². The highest BCUT2D eigenvalue weighted by molar-refractivity contribution is 7.87. The minimum atomic E-state index is -3.77. The Morgan fingerprint density at radius 2 is 2.17 bits per heavy atom. The molecule has 7 heteroatoms. The molecule has 1 atom stereocenters. The number of hydrogen-bond donors (Lipinski definition) is 3. The van der Waals surface area contributed by atoms with Crippen LogP contribution in [-0.2, 0) is 15.0 Å². The molecule has 4 N–H and O–H groups in total. The van der Waals surface area contributed by atoms with Crippen molar-refractivity contribution < 1.29 is 18.3 Å². The minimum Gasteiger partial charge on any atom is -0.478 e. The first kappa shape index (κ1) is 14.4. The highest BCUT2D eigenvalue weighted by Crippen LogP contribution is 2.15. The number of nitrogens with one attached hydrogen (secondary N) is 1. The van der Waals surface area contributed by atoms with Gasteiger partial charge in [0.25, 0.3) is 10.2 Å². The van der Waals surface area contributed by atoms with Crippen molar-refractivity contribution >= 4 is 22.3 Å². The molecule has 1 aromatic carbocycles. The number of benzene rings is 1. The summed E-state index contributed by atoms with van der Waals surface area (Å²) >= 11 is 0. The molecule has 1 rings (SSSR count). The molecule has 1 aromatic rings. The fourth-order valence-electron chi connectivity index (χ4n) is 1.41. The number of hydrogen-bond acceptors (Lipinski definition) is 3. The van der Waals surface area contributed by atoms with Crippen LogP contribution in [0.4, 0.5) is 0 Å². The van der Waals surface area contributed by atoms with E-state index in [0.29, 0.717) is 11.1 Å². The van der Waals surface area contributed by atoms with Crippen molar-refractivity contribution in [1.82, 2.24) is 4.72 Å². The van der Waals surface area contributed by atoms with Gasteiger partial charge in [0.2, 0.25) is 0 Å². The van der Waals surface area contributed by atoms with Crippen LogP contribution in [0.15, 0.2) is 30.3 Å². The lowest BCUT2D eigenvalue weighted by Crippen LogP contribution is -2.32. The van der Waals surface area contributed by atoms with Gasteiger partial charge in [0.15, 0.2) is 0 Å². The molecule has 0 amide bonds. The lowest BCUT2D eigenvalue weighted by molar-refractivity contribution is -0.131. The second-order valence-electron chi connectivity index (χ2n) is 3.73. The first-order valence-corrected chi connectivity index (χ1v) is 6.63. The van der Waals surface area contributed by atoms with Crippen molar-refractivity contribution in [2.24, 2.45) is 5.14 Å². The van der Waals surface area contributed by atoms with E-state index in [0.717, 1.165) is 6.08 Å². The van der Waals surface area contributed by atoms with Gasteiger partial charge in [-0.3, -0.25) is 0 Å². The van der Waals surface area contributed by atoms with E-state index in [1.165, 1.54) is 6.08 Å². The van der Waals surface area contributed by atoms with Crippen LogP contribution >= 0.6 is 0 Å². The minimum absolute atomic E-state index is 0.488. The van der Waals surface area contributed by atoms with Gasteiger partial charge < -0.3 is 5.11 Å². The number of carbonyl (C=O) groups is 1. The molecular formula is C11H14N2O4S. The van der Waals surface area contributed by atoms with Crippen LogP contribution in [0.3, 0.4) is 0 Å². The van der Waals surface area contributed by atoms with E-state index in [4.69, 9.17) is 10.2 Å². The highest BCUT2D eigenvalue weighted by atomic mass is 32.2. The van der Waals surface area contributed by atoms with Crippen LogP contribution in [0.5, 0.6) is 0 Å². The molecule has 18 heavy (non-hydrogen) atoms. The van der Waals surface area contributed by atoms with Gasteiger partial charge in [0.05, 0.1) is 0 Å². The molecule has 0 bridgehead atoms. The van der Waals surface area contributed by atoms with Crippen LogP contribution in [0.25, 0.3) is 6.08 Å². The van der Waals surface area contributed by atoms with Crippen LogP contribution in [0.2, 0.25) is 0 Å². The number of aliphatic carboxylic acids is 1. The molecule has 98 valence electrons. The molecule has 0 aromatic heterocycles. The summed E-state index contributed by atoms with van der Waals surface area (Å²) in [7, 11) is -3.77. The standard InChI is InChI=1S/C11H14N2O4S/c1-8(13-18(12,16)17)10-4-2-3-9(7-10)5-6-11(14)15/h2-8,13H,1H3,(H,14,15)(H2,12,16,17)/b6-5+. The van der Waals surface area contributed by atoms with Crippen molar-refractivity contribution in [2.75, 3.05) is 0 Å². The third-order valence-corrected chi connectivity index (χ3v) is 2.85. The van der Waals surface area contributed by atoms with E-state index >= 15 is 0 Å². The molecule has 1 unspecified atom stereocenters. The monoisotopic (exact) mass is 270 g/mol. The van der Waals surface area contributed by atoms with Crippen LogP contribution in [0.1, 0.15) is 24.1 Å². The van der Waals surface area contributed by atoms with E-state index in [2.05, 4.69) is 4.72 Å². The van der Waals surface area contributed by atoms with E-state index in [1.807, 2.05) is 0 Å². The summed E-state index contributed by atoms with van der Waals surface area (Å²) in [5.74, 6) is -1.05. The topological polar surface area (TPSA) is 109 Å². The molecule has 0 aliphatic rings. The Bertz CT molecular complexity index is 566. The van der Waals surface area contributed by atoms with Gasteiger partial charge in [-0.25, -0.2) is 9.93 Å². The maximum atomic E-state index is 10.9. The highest BCUT2D eigenvalue weighted by Gasteiger charge is 2.10. The maximum Gasteiger partial charge on any atom is 0.328 e. The molecule has 0 heterocycles. The normalized spacial score (nSPS) is 13.7. The lowest BCUT2D eigenvalue weighted by Gasteiger charge is -2.12. The molecule has 0 aliphatic carbocycles. The molecule has 0 saturated heterocycles.